The molecular weight excluding hydrogens is 436 g/mol. The maximum absolute atomic E-state index is 13.5. The predicted octanol–water partition coefficient (Wildman–Crippen LogP) is 3.41. The molecule has 158 valence electrons. The van der Waals surface area contributed by atoms with E-state index < -0.39 is 0 Å². The Bertz CT molecular complexity index is 1100. The second kappa shape index (κ2) is 8.72. The van der Waals surface area contributed by atoms with Crippen LogP contribution < -0.4 is 10.5 Å². The lowest BCUT2D eigenvalue weighted by Crippen LogP contribution is -2.36. The number of carbonyl (C=O) groups is 1. The molecule has 0 unspecified atom stereocenters. The summed E-state index contributed by atoms with van der Waals surface area (Å²) >= 11 is 8.59. The lowest BCUT2D eigenvalue weighted by molar-refractivity contribution is -0.122. The maximum atomic E-state index is 13.5. The van der Waals surface area contributed by atoms with Crippen molar-refractivity contribution in [2.24, 2.45) is 5.92 Å². The molecule has 0 aromatic carbocycles. The van der Waals surface area contributed by atoms with Gasteiger partial charge in [0, 0.05) is 37.3 Å². The van der Waals surface area contributed by atoms with Crippen LogP contribution in [0.3, 0.4) is 0 Å². The van der Waals surface area contributed by atoms with Crippen LogP contribution >= 0.6 is 35.7 Å². The maximum Gasteiger partial charge on any atom is 0.267 e. The molecule has 0 saturated carbocycles. The molecule has 0 radical (unpaired) electrons. The summed E-state index contributed by atoms with van der Waals surface area (Å²) < 4.78 is 2.11. The average molecular weight is 461 g/mol. The summed E-state index contributed by atoms with van der Waals surface area (Å²) in [7, 11) is 0. The van der Waals surface area contributed by atoms with Crippen LogP contribution in [0, 0.1) is 12.8 Å². The molecule has 2 fully saturated rings. The first-order valence-electron chi connectivity index (χ1n) is 9.97. The van der Waals surface area contributed by atoms with Gasteiger partial charge in [-0.05, 0) is 30.5 Å². The average Bonchev–Trinajstić information content (AvgIpc) is 2.98. The number of hydrogen-bond acceptors (Lipinski definition) is 7. The summed E-state index contributed by atoms with van der Waals surface area (Å²) in [5, 5.41) is 0. The minimum absolute atomic E-state index is 0.132. The van der Waals surface area contributed by atoms with Gasteiger partial charge in [0.05, 0.1) is 10.5 Å². The number of rotatable bonds is 4. The fourth-order valence-electron chi connectivity index (χ4n) is 3.60. The van der Waals surface area contributed by atoms with E-state index in [1.807, 2.05) is 30.8 Å². The number of thiocarbonyl (C=S) groups is 1. The second-order valence-electron chi connectivity index (χ2n) is 7.82. The molecule has 2 aromatic heterocycles. The lowest BCUT2D eigenvalue weighted by Gasteiger charge is -2.29. The first-order chi connectivity index (χ1) is 14.4. The van der Waals surface area contributed by atoms with Gasteiger partial charge in [-0.3, -0.25) is 18.9 Å². The molecular formula is C21H24N4O2S3. The molecule has 0 spiro atoms. The molecule has 6 nitrogen and oxygen atoms in total. The first-order valence-corrected chi connectivity index (χ1v) is 12.3. The quantitative estimate of drug-likeness (QED) is 0.512. The van der Waals surface area contributed by atoms with Gasteiger partial charge in [-0.25, -0.2) is 4.98 Å². The highest BCUT2D eigenvalue weighted by Crippen LogP contribution is 2.34. The van der Waals surface area contributed by atoms with Crippen molar-refractivity contribution in [3.05, 3.63) is 44.7 Å². The smallest absolute Gasteiger partial charge is 0.267 e. The highest BCUT2D eigenvalue weighted by Gasteiger charge is 2.33. The molecule has 4 rings (SSSR count). The summed E-state index contributed by atoms with van der Waals surface area (Å²) in [5.74, 6) is 2.82. The van der Waals surface area contributed by atoms with Crippen LogP contribution in [-0.4, -0.2) is 55.7 Å². The molecule has 0 bridgehead atoms. The van der Waals surface area contributed by atoms with Crippen LogP contribution in [0.1, 0.15) is 25.0 Å². The van der Waals surface area contributed by atoms with E-state index in [0.29, 0.717) is 38.7 Å². The van der Waals surface area contributed by atoms with Crippen molar-refractivity contribution in [3.8, 4) is 0 Å². The predicted molar refractivity (Wildman–Crippen MR) is 130 cm³/mol. The third kappa shape index (κ3) is 4.02. The van der Waals surface area contributed by atoms with E-state index in [4.69, 9.17) is 17.2 Å². The van der Waals surface area contributed by atoms with Crippen molar-refractivity contribution in [2.45, 2.75) is 20.8 Å². The van der Waals surface area contributed by atoms with Crippen molar-refractivity contribution in [3.63, 3.8) is 0 Å². The van der Waals surface area contributed by atoms with Crippen molar-refractivity contribution in [1.82, 2.24) is 14.3 Å². The van der Waals surface area contributed by atoms with E-state index in [1.54, 1.807) is 21.6 Å². The number of anilines is 1. The molecule has 2 saturated heterocycles. The molecule has 2 aliphatic heterocycles. The van der Waals surface area contributed by atoms with Gasteiger partial charge in [0.2, 0.25) is 0 Å². The zero-order valence-corrected chi connectivity index (χ0v) is 19.7. The number of pyridine rings is 1. The normalized spacial score (nSPS) is 19.0. The standard InChI is InChI=1S/C21H24N4O2S3/c1-13(2)12-25-20(27)16(30-21(25)28)11-15-18(23-7-9-29-10-8-23)22-17-14(3)5-4-6-24(17)19(15)26/h4-6,11,13H,7-10,12H2,1-3H3. The Labute approximate surface area is 189 Å². The van der Waals surface area contributed by atoms with Crippen LogP contribution in [0.2, 0.25) is 0 Å². The Morgan fingerprint density at radius 2 is 2.00 bits per heavy atom. The summed E-state index contributed by atoms with van der Waals surface area (Å²) in [6.07, 6.45) is 3.43. The fourth-order valence-corrected chi connectivity index (χ4v) is 5.76. The third-order valence-electron chi connectivity index (χ3n) is 5.07. The highest BCUT2D eigenvalue weighted by molar-refractivity contribution is 8.26. The number of fused-ring (bicyclic) bond motifs is 1. The third-order valence-corrected chi connectivity index (χ3v) is 7.39. The second-order valence-corrected chi connectivity index (χ2v) is 10.7. The SMILES string of the molecule is Cc1cccn2c(=O)c(C=C3SC(=S)N(CC(C)C)C3=O)c(N3CCSCC3)nc12. The zero-order chi connectivity index (χ0) is 21.4. The molecule has 0 atom stereocenters. The van der Waals surface area contributed by atoms with Gasteiger partial charge in [0.1, 0.15) is 15.8 Å². The van der Waals surface area contributed by atoms with Crippen LogP contribution in [0.15, 0.2) is 28.0 Å². The van der Waals surface area contributed by atoms with Gasteiger partial charge in [0.15, 0.2) is 0 Å². The zero-order valence-electron chi connectivity index (χ0n) is 17.3. The van der Waals surface area contributed by atoms with Crippen LogP contribution in [-0.2, 0) is 4.79 Å². The number of carbonyl (C=O) groups excluding carboxylic acids is 1. The van der Waals surface area contributed by atoms with E-state index >= 15 is 0 Å². The molecule has 4 heterocycles. The van der Waals surface area contributed by atoms with Gasteiger partial charge in [-0.2, -0.15) is 11.8 Å². The molecule has 0 aliphatic carbocycles. The minimum atomic E-state index is -0.161. The number of aromatic nitrogens is 2. The summed E-state index contributed by atoms with van der Waals surface area (Å²) in [4.78, 5) is 35.6. The molecule has 9 heteroatoms. The Kier molecular flexibility index (Phi) is 6.22. The van der Waals surface area contributed by atoms with Crippen molar-refractivity contribution < 1.29 is 4.79 Å². The van der Waals surface area contributed by atoms with Crippen LogP contribution in [0.5, 0.6) is 0 Å². The molecule has 30 heavy (non-hydrogen) atoms. The van der Waals surface area contributed by atoms with Crippen molar-refractivity contribution in [1.29, 1.82) is 0 Å². The lowest BCUT2D eigenvalue weighted by atomic mass is 10.2. The Morgan fingerprint density at radius 1 is 1.27 bits per heavy atom. The van der Waals surface area contributed by atoms with E-state index in [1.165, 1.54) is 11.8 Å². The summed E-state index contributed by atoms with van der Waals surface area (Å²) in [5.41, 5.74) is 1.89. The number of hydrogen-bond donors (Lipinski definition) is 0. The van der Waals surface area contributed by atoms with Gasteiger partial charge in [0.25, 0.3) is 11.5 Å². The minimum Gasteiger partial charge on any atom is -0.354 e. The molecule has 2 aliphatic rings. The van der Waals surface area contributed by atoms with E-state index in [2.05, 4.69) is 18.7 Å². The van der Waals surface area contributed by atoms with Crippen LogP contribution in [0.25, 0.3) is 11.7 Å². The largest absolute Gasteiger partial charge is 0.354 e. The van der Waals surface area contributed by atoms with Crippen molar-refractivity contribution in [2.75, 3.05) is 36.0 Å². The molecule has 1 amide bonds. The van der Waals surface area contributed by atoms with Crippen molar-refractivity contribution >= 4 is 63.5 Å². The fraction of sp³-hybridized carbons (Fsp3) is 0.429. The Hall–Kier alpha value is -1.84. The monoisotopic (exact) mass is 460 g/mol. The van der Waals surface area contributed by atoms with Crippen LogP contribution in [0.4, 0.5) is 5.82 Å². The van der Waals surface area contributed by atoms with Gasteiger partial charge in [-0.1, -0.05) is 43.9 Å². The summed E-state index contributed by atoms with van der Waals surface area (Å²) in [6, 6.07) is 3.79. The highest BCUT2D eigenvalue weighted by atomic mass is 32.2. The van der Waals surface area contributed by atoms with E-state index in [9.17, 15) is 9.59 Å². The first kappa shape index (κ1) is 21.4. The summed E-state index contributed by atoms with van der Waals surface area (Å²) in [6.45, 7) is 8.29. The topological polar surface area (TPSA) is 57.9 Å². The Balaban J connectivity index is 1.86. The number of aryl methyl sites for hydroxylation is 1. The number of thioether (sulfide) groups is 2. The van der Waals surface area contributed by atoms with Gasteiger partial charge < -0.3 is 4.90 Å². The molecule has 0 N–H and O–H groups in total. The number of amides is 1. The van der Waals surface area contributed by atoms with E-state index in [0.717, 1.165) is 30.2 Å². The van der Waals surface area contributed by atoms with Gasteiger partial charge in [-0.15, -0.1) is 0 Å². The molecule has 2 aromatic rings. The number of nitrogens with zero attached hydrogens (tertiary/aromatic N) is 4. The van der Waals surface area contributed by atoms with E-state index in [-0.39, 0.29) is 11.5 Å². The van der Waals surface area contributed by atoms with Gasteiger partial charge >= 0.3 is 0 Å². The Morgan fingerprint density at radius 3 is 2.70 bits per heavy atom.